The van der Waals surface area contributed by atoms with Crippen LogP contribution in [-0.2, 0) is 32.9 Å². The maximum Gasteiger partial charge on any atom is 0.121 e. The summed E-state index contributed by atoms with van der Waals surface area (Å²) < 4.78 is 6.40. The largest absolute Gasteiger partial charge is 0.501 e. The molecule has 0 aliphatic heterocycles. The second-order valence-electron chi connectivity index (χ2n) is 16.4. The zero-order chi connectivity index (χ0) is 37.9. The van der Waals surface area contributed by atoms with Crippen LogP contribution in [0, 0.1) is 24.5 Å². The van der Waals surface area contributed by atoms with Crippen molar-refractivity contribution >= 4 is 35.2 Å². The number of aryl methyl sites for hydroxylation is 1. The molecule has 0 N–H and O–H groups in total. The zero-order valence-electron chi connectivity index (χ0n) is 32.8. The molecule has 279 valence electrons. The number of rotatable bonds is 7. The standard InChI is InChI=1S/C29H26NO.C21H22NSi.Ir/c1-19-18-30-26(15-22(19)17-29(2,3)4)25-12-8-11-24-23-14-13-21(16-27(23)31-28(24)25)20-9-6-5-7-10-20;1-23(2,3)21-16-22-20(18-12-8-5-9-13-18)15-19(21)14-17-10-6-4-7-11-17;/h5-11,13-16,18H,17H2,1-4H3;4-12,15-16H,14H2,1-3H3;/q2*-1;. The van der Waals surface area contributed by atoms with E-state index in [2.05, 4.69) is 163 Å². The molecular weight excluding hydrogens is 865 g/mol. The fraction of sp³-hybridized carbons (Fsp3) is 0.200. The smallest absolute Gasteiger partial charge is 0.121 e. The van der Waals surface area contributed by atoms with Gasteiger partial charge < -0.3 is 14.4 Å². The number of pyridine rings is 2. The minimum absolute atomic E-state index is 0. The Morgan fingerprint density at radius 3 is 2.04 bits per heavy atom. The Hall–Kier alpha value is -4.93. The SMILES string of the molecule is C[Si](C)(C)c1cnc(-c2[c-]cccc2)cc1Cc1ccccc1.Cc1cnc(-c2[c-]ccc3c2oc2cc(-c4ccccc4)ccc23)cc1CC(C)(C)C.[Ir]. The summed E-state index contributed by atoms with van der Waals surface area (Å²) in [6.07, 6.45) is 6.04. The number of benzene rings is 5. The third kappa shape index (κ3) is 9.48. The Kier molecular flexibility index (Phi) is 12.2. The average molecular weight is 913 g/mol. The van der Waals surface area contributed by atoms with E-state index >= 15 is 0 Å². The maximum absolute atomic E-state index is 6.40. The van der Waals surface area contributed by atoms with Crippen LogP contribution in [0.5, 0.6) is 0 Å². The van der Waals surface area contributed by atoms with Crippen molar-refractivity contribution in [1.29, 1.82) is 0 Å². The predicted molar refractivity (Wildman–Crippen MR) is 230 cm³/mol. The first kappa shape index (κ1) is 39.8. The molecule has 0 spiro atoms. The van der Waals surface area contributed by atoms with Crippen molar-refractivity contribution in [2.24, 2.45) is 5.41 Å². The van der Waals surface area contributed by atoms with Gasteiger partial charge in [0.1, 0.15) is 5.58 Å². The Labute approximate surface area is 341 Å². The Morgan fingerprint density at radius 2 is 1.35 bits per heavy atom. The van der Waals surface area contributed by atoms with E-state index in [0.29, 0.717) is 0 Å². The molecule has 8 rings (SSSR count). The number of aromatic nitrogens is 2. The van der Waals surface area contributed by atoms with Gasteiger partial charge in [0.15, 0.2) is 0 Å². The molecule has 5 aromatic carbocycles. The van der Waals surface area contributed by atoms with Gasteiger partial charge in [0.2, 0.25) is 0 Å². The molecule has 0 atom stereocenters. The second kappa shape index (κ2) is 16.8. The van der Waals surface area contributed by atoms with E-state index in [9.17, 15) is 0 Å². The molecule has 0 amide bonds. The van der Waals surface area contributed by atoms with Crippen LogP contribution in [0.3, 0.4) is 0 Å². The van der Waals surface area contributed by atoms with Crippen molar-refractivity contribution in [1.82, 2.24) is 9.97 Å². The van der Waals surface area contributed by atoms with E-state index in [1.54, 1.807) is 0 Å². The van der Waals surface area contributed by atoms with Crippen LogP contribution >= 0.6 is 0 Å². The molecular formula is C50H48IrN2OSi-2. The summed E-state index contributed by atoms with van der Waals surface area (Å²) in [6.45, 7) is 16.1. The number of hydrogen-bond acceptors (Lipinski definition) is 3. The summed E-state index contributed by atoms with van der Waals surface area (Å²) in [4.78, 5) is 9.45. The molecule has 0 aliphatic rings. The van der Waals surface area contributed by atoms with Crippen LogP contribution in [0.2, 0.25) is 19.6 Å². The van der Waals surface area contributed by atoms with Gasteiger partial charge in [-0.1, -0.05) is 147 Å². The van der Waals surface area contributed by atoms with E-state index in [1.807, 2.05) is 36.5 Å². The number of fused-ring (bicyclic) bond motifs is 3. The van der Waals surface area contributed by atoms with Crippen molar-refractivity contribution < 1.29 is 24.5 Å². The fourth-order valence-electron chi connectivity index (χ4n) is 7.04. The molecule has 0 fully saturated rings. The van der Waals surface area contributed by atoms with Gasteiger partial charge in [0, 0.05) is 37.9 Å². The molecule has 55 heavy (non-hydrogen) atoms. The van der Waals surface area contributed by atoms with Gasteiger partial charge in [-0.05, 0) is 70.1 Å². The Balaban J connectivity index is 0.000000192. The summed E-state index contributed by atoms with van der Waals surface area (Å²) in [7, 11) is -1.43. The minimum atomic E-state index is -1.43. The third-order valence-corrected chi connectivity index (χ3v) is 11.8. The van der Waals surface area contributed by atoms with E-state index in [1.165, 1.54) is 33.0 Å². The molecule has 0 unspecified atom stereocenters. The van der Waals surface area contributed by atoms with E-state index < -0.39 is 8.07 Å². The maximum atomic E-state index is 6.40. The topological polar surface area (TPSA) is 38.9 Å². The van der Waals surface area contributed by atoms with Crippen molar-refractivity contribution in [2.45, 2.75) is 60.2 Å². The molecule has 0 aliphatic carbocycles. The zero-order valence-corrected chi connectivity index (χ0v) is 36.2. The summed E-state index contributed by atoms with van der Waals surface area (Å²) in [6, 6.07) is 50.7. The monoisotopic (exact) mass is 913 g/mol. The van der Waals surface area contributed by atoms with E-state index in [-0.39, 0.29) is 25.5 Å². The van der Waals surface area contributed by atoms with Gasteiger partial charge in [-0.15, -0.1) is 54.1 Å². The third-order valence-electron chi connectivity index (χ3n) is 9.75. The van der Waals surface area contributed by atoms with Crippen LogP contribution in [0.1, 0.15) is 43.0 Å². The summed E-state index contributed by atoms with van der Waals surface area (Å²) in [5.74, 6) is 0. The van der Waals surface area contributed by atoms with Crippen LogP contribution in [0.4, 0.5) is 0 Å². The van der Waals surface area contributed by atoms with Gasteiger partial charge in [-0.25, -0.2) is 0 Å². The van der Waals surface area contributed by atoms with Gasteiger partial charge in [0.25, 0.3) is 0 Å². The van der Waals surface area contributed by atoms with E-state index in [4.69, 9.17) is 14.4 Å². The number of furan rings is 1. The van der Waals surface area contributed by atoms with Gasteiger partial charge >= 0.3 is 0 Å². The van der Waals surface area contributed by atoms with Gasteiger partial charge in [-0.3, -0.25) is 0 Å². The summed E-state index contributed by atoms with van der Waals surface area (Å²) in [5.41, 5.74) is 13.5. The second-order valence-corrected chi connectivity index (χ2v) is 21.5. The molecule has 3 aromatic heterocycles. The van der Waals surface area contributed by atoms with Crippen molar-refractivity contribution in [2.75, 3.05) is 0 Å². The molecule has 8 aromatic rings. The average Bonchev–Trinajstić information content (AvgIpc) is 3.54. The molecule has 0 saturated heterocycles. The van der Waals surface area contributed by atoms with Crippen LogP contribution < -0.4 is 5.19 Å². The number of hydrogen-bond donors (Lipinski definition) is 0. The van der Waals surface area contributed by atoms with Crippen LogP contribution in [0.25, 0.3) is 55.6 Å². The van der Waals surface area contributed by atoms with E-state index in [0.717, 1.165) is 62.9 Å². The molecule has 0 bridgehead atoms. The summed E-state index contributed by atoms with van der Waals surface area (Å²) >= 11 is 0. The normalized spacial score (nSPS) is 11.5. The first-order valence-electron chi connectivity index (χ1n) is 18.8. The van der Waals surface area contributed by atoms with Gasteiger partial charge in [-0.2, -0.15) is 0 Å². The molecule has 3 heterocycles. The Morgan fingerprint density at radius 1 is 0.655 bits per heavy atom. The molecule has 5 heteroatoms. The Bertz CT molecular complexity index is 2510. The van der Waals surface area contributed by atoms with Gasteiger partial charge in [0.05, 0.1) is 13.7 Å². The van der Waals surface area contributed by atoms with Crippen molar-refractivity contribution in [3.63, 3.8) is 0 Å². The molecule has 1 radical (unpaired) electrons. The number of nitrogens with zero attached hydrogens (tertiary/aromatic N) is 2. The first-order chi connectivity index (χ1) is 25.9. The van der Waals surface area contributed by atoms with Crippen LogP contribution in [0.15, 0.2) is 144 Å². The van der Waals surface area contributed by atoms with Crippen molar-refractivity contribution in [3.05, 3.63) is 174 Å². The van der Waals surface area contributed by atoms with Crippen LogP contribution in [-0.4, -0.2) is 18.0 Å². The quantitative estimate of drug-likeness (QED) is 0.118. The minimum Gasteiger partial charge on any atom is -0.501 e. The fourth-order valence-corrected chi connectivity index (χ4v) is 8.62. The first-order valence-corrected chi connectivity index (χ1v) is 22.3. The summed E-state index contributed by atoms with van der Waals surface area (Å²) in [5, 5.41) is 3.66. The van der Waals surface area contributed by atoms with Crippen molar-refractivity contribution in [3.8, 4) is 33.6 Å². The predicted octanol–water partition coefficient (Wildman–Crippen LogP) is 12.7. The molecule has 0 saturated carbocycles. The molecule has 3 nitrogen and oxygen atoms in total.